The summed E-state index contributed by atoms with van der Waals surface area (Å²) in [7, 11) is 0. The van der Waals surface area contributed by atoms with Crippen molar-refractivity contribution in [3.63, 3.8) is 0 Å². The van der Waals surface area contributed by atoms with Crippen LogP contribution in [0.25, 0.3) is 77.4 Å². The summed E-state index contributed by atoms with van der Waals surface area (Å²) in [6, 6.07) is 52.1. The van der Waals surface area contributed by atoms with E-state index in [1.807, 2.05) is 79.0 Å². The third-order valence-electron chi connectivity index (χ3n) is 8.81. The average molecular weight is 708 g/mol. The van der Waals surface area contributed by atoms with Crippen molar-refractivity contribution >= 4 is 60.3 Å². The smallest absolute Gasteiger partial charge is 0.503 e. The molecule has 48 heavy (non-hydrogen) atoms. The minimum Gasteiger partial charge on any atom is -0.503 e. The van der Waals surface area contributed by atoms with Gasteiger partial charge in [0.1, 0.15) is 11.5 Å². The van der Waals surface area contributed by atoms with Gasteiger partial charge in [-0.3, -0.25) is 4.98 Å². The summed E-state index contributed by atoms with van der Waals surface area (Å²) in [5.74, 6) is 2.00. The fourth-order valence-electron chi connectivity index (χ4n) is 6.72. The van der Waals surface area contributed by atoms with Crippen molar-refractivity contribution in [2.24, 2.45) is 0 Å². The molecule has 0 radical (unpaired) electrons. The molecule has 0 saturated heterocycles. The first kappa shape index (κ1) is 28.4. The minimum atomic E-state index is 0. The van der Waals surface area contributed by atoms with Gasteiger partial charge in [-0.1, -0.05) is 95.2 Å². The van der Waals surface area contributed by atoms with Crippen molar-refractivity contribution in [2.45, 2.75) is 0 Å². The molecule has 0 unspecified atom stereocenters. The zero-order valence-electron chi connectivity index (χ0n) is 25.2. The predicted octanol–water partition coefficient (Wildman–Crippen LogP) is 9.74. The van der Waals surface area contributed by atoms with Gasteiger partial charge in [-0.15, -0.1) is 29.7 Å². The zero-order valence-corrected chi connectivity index (χ0v) is 26.8. The van der Waals surface area contributed by atoms with E-state index in [0.29, 0.717) is 11.5 Å². The van der Waals surface area contributed by atoms with Gasteiger partial charge in [0.25, 0.3) is 0 Å². The Bertz CT molecular complexity index is 2830. The Hall–Kier alpha value is -5.87. The molecule has 0 spiro atoms. The van der Waals surface area contributed by atoms with Crippen molar-refractivity contribution in [3.05, 3.63) is 152 Å². The number of para-hydroxylation sites is 3. The number of hydrogen-bond donors (Lipinski definition) is 0. The molecule has 5 heterocycles. The fraction of sp³-hybridized carbons (Fsp3) is 0. The molecule has 10 aromatic rings. The van der Waals surface area contributed by atoms with Crippen LogP contribution >= 0.6 is 0 Å². The maximum Gasteiger partial charge on any atom is 2.00 e. The van der Waals surface area contributed by atoms with Crippen molar-refractivity contribution in [1.82, 2.24) is 23.9 Å². The molecular formula is C41H23N5OPd. The molecule has 10 rings (SSSR count). The van der Waals surface area contributed by atoms with Crippen LogP contribution in [0.15, 0.2) is 140 Å². The van der Waals surface area contributed by atoms with E-state index in [-0.39, 0.29) is 20.4 Å². The first-order chi connectivity index (χ1) is 23.3. The van der Waals surface area contributed by atoms with E-state index in [1.165, 1.54) is 0 Å². The van der Waals surface area contributed by atoms with Crippen molar-refractivity contribution < 1.29 is 25.2 Å². The minimum absolute atomic E-state index is 0. The molecule has 0 aliphatic rings. The van der Waals surface area contributed by atoms with Gasteiger partial charge in [-0.2, -0.15) is 6.07 Å². The molecule has 0 aliphatic heterocycles. The van der Waals surface area contributed by atoms with Crippen molar-refractivity contribution in [2.75, 3.05) is 0 Å². The predicted molar refractivity (Wildman–Crippen MR) is 187 cm³/mol. The summed E-state index contributed by atoms with van der Waals surface area (Å²) in [6.07, 6.45) is 1.81. The van der Waals surface area contributed by atoms with Crippen LogP contribution in [0.2, 0.25) is 0 Å². The second-order valence-corrected chi connectivity index (χ2v) is 11.5. The van der Waals surface area contributed by atoms with E-state index in [1.54, 1.807) is 0 Å². The van der Waals surface area contributed by atoms with Gasteiger partial charge in [0.15, 0.2) is 0 Å². The Labute approximate surface area is 288 Å². The van der Waals surface area contributed by atoms with Gasteiger partial charge in [-0.05, 0) is 47.2 Å². The van der Waals surface area contributed by atoms with Crippen LogP contribution in [0.1, 0.15) is 0 Å². The topological polar surface area (TPSA) is 57.2 Å². The Morgan fingerprint density at radius 1 is 0.542 bits per heavy atom. The molecule has 0 bridgehead atoms. The molecule has 0 N–H and O–H groups in total. The van der Waals surface area contributed by atoms with Gasteiger partial charge in [0, 0.05) is 28.8 Å². The van der Waals surface area contributed by atoms with E-state index in [0.717, 1.165) is 77.4 Å². The normalized spacial score (nSPS) is 11.6. The number of rotatable bonds is 4. The van der Waals surface area contributed by atoms with Crippen LogP contribution in [0.5, 0.6) is 11.5 Å². The standard InChI is InChI=1S/C41H23N5O.Pd/c1-2-10-26(11-3-1)34-22-21-32-29-19-17-27(24-33(29)41-44-35-13-5-7-15-37(35)46(41)40(32)43-34)47-28-18-20-31-30-12-4-6-14-36(30)45(38(31)25-28)39-16-8-9-23-42-39;/h1-23H;/q-2;+2. The molecule has 0 fully saturated rings. The van der Waals surface area contributed by atoms with Crippen LogP contribution in [-0.2, 0) is 20.4 Å². The molecular weight excluding hydrogens is 685 g/mol. The maximum atomic E-state index is 6.50. The van der Waals surface area contributed by atoms with E-state index < -0.39 is 0 Å². The number of hydrogen-bond acceptors (Lipinski definition) is 4. The van der Waals surface area contributed by atoms with Crippen LogP contribution < -0.4 is 4.74 Å². The molecule has 5 aromatic heterocycles. The van der Waals surface area contributed by atoms with Crippen LogP contribution in [0, 0.1) is 12.1 Å². The van der Waals surface area contributed by atoms with Crippen LogP contribution in [0.3, 0.4) is 0 Å². The largest absolute Gasteiger partial charge is 2.00 e. The molecule has 5 aromatic carbocycles. The number of ether oxygens (including phenoxy) is 1. The van der Waals surface area contributed by atoms with Gasteiger partial charge in [0.05, 0.1) is 22.4 Å². The van der Waals surface area contributed by atoms with Crippen molar-refractivity contribution in [3.8, 4) is 28.6 Å². The Morgan fingerprint density at radius 2 is 1.27 bits per heavy atom. The summed E-state index contributed by atoms with van der Waals surface area (Å²) in [5.41, 5.74) is 7.47. The molecule has 0 saturated carbocycles. The first-order valence-electron chi connectivity index (χ1n) is 15.5. The maximum absolute atomic E-state index is 6.50. The number of fused-ring (bicyclic) bond motifs is 11. The number of nitrogens with zero attached hydrogens (tertiary/aromatic N) is 5. The molecule has 7 heteroatoms. The van der Waals surface area contributed by atoms with Crippen LogP contribution in [-0.4, -0.2) is 23.9 Å². The first-order valence-corrected chi connectivity index (χ1v) is 15.5. The summed E-state index contributed by atoms with van der Waals surface area (Å²) in [4.78, 5) is 14.9. The average Bonchev–Trinajstić information content (AvgIpc) is 3.69. The third kappa shape index (κ3) is 4.33. The Morgan fingerprint density at radius 3 is 2.12 bits per heavy atom. The number of aromatic nitrogens is 5. The van der Waals surface area contributed by atoms with Gasteiger partial charge < -0.3 is 13.7 Å². The van der Waals surface area contributed by atoms with E-state index in [9.17, 15) is 0 Å². The third-order valence-corrected chi connectivity index (χ3v) is 8.81. The SMILES string of the molecule is [Pd+2].[c-]1c(Oc2[c-]c3c(cc2)c2ccccc2n3-c2ccccn2)ccc2c1c1nc3ccccc3n1c1nc(-c3ccccc3)ccc21. The Kier molecular flexibility index (Phi) is 6.58. The number of imidazole rings is 1. The zero-order chi connectivity index (χ0) is 30.9. The molecule has 0 aliphatic carbocycles. The van der Waals surface area contributed by atoms with E-state index in [2.05, 4.69) is 86.7 Å². The summed E-state index contributed by atoms with van der Waals surface area (Å²) >= 11 is 0. The van der Waals surface area contributed by atoms with Gasteiger partial charge in [0.2, 0.25) is 0 Å². The second kappa shape index (κ2) is 11.1. The monoisotopic (exact) mass is 707 g/mol. The molecule has 0 atom stereocenters. The second-order valence-electron chi connectivity index (χ2n) is 11.5. The summed E-state index contributed by atoms with van der Waals surface area (Å²) in [6.45, 7) is 0. The van der Waals surface area contributed by atoms with E-state index in [4.69, 9.17) is 14.7 Å². The van der Waals surface area contributed by atoms with Crippen LogP contribution in [0.4, 0.5) is 0 Å². The Balaban J connectivity index is 0.00000314. The quantitative estimate of drug-likeness (QED) is 0.104. The summed E-state index contributed by atoms with van der Waals surface area (Å²) in [5, 5.41) is 5.12. The molecule has 228 valence electrons. The fourth-order valence-corrected chi connectivity index (χ4v) is 6.72. The van der Waals surface area contributed by atoms with Crippen molar-refractivity contribution in [1.29, 1.82) is 0 Å². The number of benzene rings is 5. The molecule has 0 amide bonds. The van der Waals surface area contributed by atoms with Gasteiger partial charge >= 0.3 is 20.4 Å². The number of pyridine rings is 3. The molecule has 6 nitrogen and oxygen atoms in total. The van der Waals surface area contributed by atoms with Gasteiger partial charge in [-0.25, -0.2) is 9.97 Å². The van der Waals surface area contributed by atoms with E-state index >= 15 is 0 Å². The summed E-state index contributed by atoms with van der Waals surface area (Å²) < 4.78 is 10.8.